The molecule has 1 aliphatic carbocycles. The molecule has 6 rings (SSSR count). The highest BCUT2D eigenvalue weighted by atomic mass is 16.5. The van der Waals surface area contributed by atoms with E-state index in [1.54, 1.807) is 0 Å². The first-order chi connectivity index (χ1) is 18.0. The number of nitrogens with zero attached hydrogens (tertiary/aromatic N) is 3. The average Bonchev–Trinajstić information content (AvgIpc) is 3.40. The van der Waals surface area contributed by atoms with Crippen molar-refractivity contribution < 1.29 is 4.74 Å². The molecule has 2 aliphatic heterocycles. The Hall–Kier alpha value is -4.04. The lowest BCUT2D eigenvalue weighted by Gasteiger charge is -2.20. The minimum atomic E-state index is -0.675. The average molecular weight is 496 g/mol. The van der Waals surface area contributed by atoms with E-state index in [-0.39, 0.29) is 17.6 Å². The zero-order valence-electron chi connectivity index (χ0n) is 20.8. The number of hydrogen-bond donors (Lipinski definition) is 2. The van der Waals surface area contributed by atoms with Crippen molar-refractivity contribution in [2.75, 3.05) is 6.54 Å². The van der Waals surface area contributed by atoms with Crippen molar-refractivity contribution in [1.82, 2.24) is 24.8 Å². The van der Waals surface area contributed by atoms with E-state index in [1.165, 1.54) is 29.2 Å². The third kappa shape index (κ3) is 4.72. The van der Waals surface area contributed by atoms with Crippen LogP contribution in [0.3, 0.4) is 0 Å². The van der Waals surface area contributed by atoms with Crippen LogP contribution in [0.4, 0.5) is 0 Å². The number of aromatic nitrogens is 4. The van der Waals surface area contributed by atoms with E-state index in [9.17, 15) is 9.59 Å². The van der Waals surface area contributed by atoms with Crippen LogP contribution in [-0.2, 0) is 13.1 Å². The molecule has 0 saturated heterocycles. The second-order valence-corrected chi connectivity index (χ2v) is 9.80. The van der Waals surface area contributed by atoms with Gasteiger partial charge in [-0.3, -0.25) is 9.78 Å². The molecule has 0 amide bonds. The number of hydrogen-bond acceptors (Lipinski definition) is 6. The molecule has 188 valence electrons. The minimum absolute atomic E-state index is 0.158. The van der Waals surface area contributed by atoms with E-state index in [0.29, 0.717) is 25.2 Å². The highest BCUT2D eigenvalue weighted by molar-refractivity contribution is 5.83. The molecular weight excluding hydrogens is 466 g/mol. The monoisotopic (exact) mass is 495 g/mol. The molecule has 0 atom stereocenters. The first-order valence-corrected chi connectivity index (χ1v) is 12.9. The molecule has 1 fully saturated rings. The summed E-state index contributed by atoms with van der Waals surface area (Å²) in [5, 5.41) is 5.92. The Labute approximate surface area is 213 Å². The molecule has 0 unspecified atom stereocenters. The smallest absolute Gasteiger partial charge is 0.349 e. The van der Waals surface area contributed by atoms with Gasteiger partial charge in [0, 0.05) is 25.7 Å². The summed E-state index contributed by atoms with van der Waals surface area (Å²) in [6, 6.07) is 18.7. The van der Waals surface area contributed by atoms with Gasteiger partial charge in [0.2, 0.25) is 0 Å². The largest absolute Gasteiger partial charge is 0.490 e. The number of fused-ring (bicyclic) bond motifs is 3. The summed E-state index contributed by atoms with van der Waals surface area (Å²) in [7, 11) is 0. The highest BCUT2D eigenvalue weighted by Crippen LogP contribution is 2.31. The molecule has 3 aromatic rings. The van der Waals surface area contributed by atoms with Gasteiger partial charge < -0.3 is 14.6 Å². The molecule has 0 aromatic heterocycles. The predicted octanol–water partition coefficient (Wildman–Crippen LogP) is 4.16. The maximum atomic E-state index is 12.6. The van der Waals surface area contributed by atoms with Crippen LogP contribution in [0.2, 0.25) is 0 Å². The highest BCUT2D eigenvalue weighted by Gasteiger charge is 2.22. The Balaban J connectivity index is 1.32. The van der Waals surface area contributed by atoms with Crippen molar-refractivity contribution >= 4 is 21.8 Å². The van der Waals surface area contributed by atoms with Crippen molar-refractivity contribution in [2.24, 2.45) is 0 Å². The van der Waals surface area contributed by atoms with Crippen LogP contribution in [-0.4, -0.2) is 32.2 Å². The summed E-state index contributed by atoms with van der Waals surface area (Å²) in [5.74, 6) is 1.09. The molecule has 0 radical (unpaired) electrons. The lowest BCUT2D eigenvalue weighted by atomic mass is 10.1. The van der Waals surface area contributed by atoms with Crippen molar-refractivity contribution in [2.45, 2.75) is 51.8 Å². The number of rotatable bonds is 7. The quantitative estimate of drug-likeness (QED) is 0.260. The van der Waals surface area contributed by atoms with Crippen molar-refractivity contribution in [3.63, 3.8) is 0 Å². The molecule has 37 heavy (non-hydrogen) atoms. The lowest BCUT2D eigenvalue weighted by molar-refractivity contribution is 0.209. The molecular formula is C29H29N5O3. The zero-order valence-corrected chi connectivity index (χ0v) is 20.8. The van der Waals surface area contributed by atoms with Gasteiger partial charge in [-0.05, 0) is 66.6 Å². The van der Waals surface area contributed by atoms with E-state index in [1.807, 2.05) is 35.8 Å². The van der Waals surface area contributed by atoms with E-state index >= 15 is 0 Å². The molecule has 3 aliphatic rings. The molecule has 0 bridgehead atoms. The van der Waals surface area contributed by atoms with E-state index in [0.717, 1.165) is 29.7 Å². The fourth-order valence-electron chi connectivity index (χ4n) is 5.24. The minimum Gasteiger partial charge on any atom is -0.490 e. The fraction of sp³-hybridized carbons (Fsp3) is 0.310. The number of aromatic amines is 1. The van der Waals surface area contributed by atoms with Crippen LogP contribution in [0, 0.1) is 6.92 Å². The third-order valence-electron chi connectivity index (χ3n) is 7.16. The Morgan fingerprint density at radius 3 is 2.68 bits per heavy atom. The van der Waals surface area contributed by atoms with Crippen LogP contribution in [0.1, 0.15) is 36.8 Å². The standard InChI is InChI=1S/C29H29N5O3/c1-18-14-23-24(16-25(18)37-22-8-4-5-9-22)34(27-26(31-23)28(35)33-29(36)32-27)13-12-30-17-19-10-11-20-6-2-3-7-21(20)15-19/h2-3,6-7,10-11,14-16,22,30H,4-5,8-9,12-13,17H2,1H3,(H,33,35,36). The molecule has 2 heterocycles. The van der Waals surface area contributed by atoms with Crippen molar-refractivity contribution in [3.05, 3.63) is 86.6 Å². The first-order valence-electron chi connectivity index (χ1n) is 12.9. The summed E-state index contributed by atoms with van der Waals surface area (Å²) in [6.07, 6.45) is 4.71. The molecule has 0 spiro atoms. The maximum Gasteiger partial charge on any atom is 0.349 e. The van der Waals surface area contributed by atoms with Gasteiger partial charge in [-0.15, -0.1) is 0 Å². The molecule has 8 heteroatoms. The van der Waals surface area contributed by atoms with Crippen LogP contribution in [0.5, 0.6) is 5.75 Å². The summed E-state index contributed by atoms with van der Waals surface area (Å²) in [4.78, 5) is 35.7. The number of benzene rings is 3. The molecule has 1 saturated carbocycles. The molecule has 3 aromatic carbocycles. The maximum absolute atomic E-state index is 12.6. The van der Waals surface area contributed by atoms with Crippen LogP contribution < -0.4 is 21.3 Å². The second-order valence-electron chi connectivity index (χ2n) is 9.80. The van der Waals surface area contributed by atoms with Gasteiger partial charge in [0.25, 0.3) is 5.56 Å². The van der Waals surface area contributed by atoms with Gasteiger partial charge in [0.05, 0.1) is 17.1 Å². The first kappa shape index (κ1) is 23.4. The zero-order chi connectivity index (χ0) is 25.4. The number of nitrogens with one attached hydrogen (secondary N) is 2. The summed E-state index contributed by atoms with van der Waals surface area (Å²) < 4.78 is 8.25. The fourth-order valence-corrected chi connectivity index (χ4v) is 5.24. The summed E-state index contributed by atoms with van der Waals surface area (Å²) >= 11 is 0. The van der Waals surface area contributed by atoms with Crippen LogP contribution >= 0.6 is 0 Å². The lowest BCUT2D eigenvalue weighted by Crippen LogP contribution is -2.30. The van der Waals surface area contributed by atoms with Gasteiger partial charge in [-0.25, -0.2) is 9.78 Å². The SMILES string of the molecule is Cc1cc2nc3c(=O)[nH]c(=O)nc-3n(CCNCc3ccc4ccccc4c3)c2cc1OC1CCCC1. The normalized spacial score (nSPS) is 14.2. The van der Waals surface area contributed by atoms with E-state index in [2.05, 4.69) is 50.6 Å². The molecule has 8 nitrogen and oxygen atoms in total. The van der Waals surface area contributed by atoms with Crippen LogP contribution in [0.25, 0.3) is 33.3 Å². The van der Waals surface area contributed by atoms with Gasteiger partial charge in [0.1, 0.15) is 5.75 Å². The summed E-state index contributed by atoms with van der Waals surface area (Å²) in [5.41, 5.74) is 2.57. The Morgan fingerprint density at radius 2 is 1.84 bits per heavy atom. The molecule has 2 N–H and O–H groups in total. The number of ether oxygens (including phenoxy) is 1. The third-order valence-corrected chi connectivity index (χ3v) is 7.16. The second kappa shape index (κ2) is 9.78. The number of aryl methyl sites for hydroxylation is 1. The van der Waals surface area contributed by atoms with E-state index < -0.39 is 11.2 Å². The van der Waals surface area contributed by atoms with Gasteiger partial charge in [-0.2, -0.15) is 4.98 Å². The number of H-pyrrole nitrogens is 1. The van der Waals surface area contributed by atoms with Gasteiger partial charge >= 0.3 is 5.69 Å². The Kier molecular flexibility index (Phi) is 6.18. The van der Waals surface area contributed by atoms with Gasteiger partial charge in [-0.1, -0.05) is 36.4 Å². The Morgan fingerprint density at radius 1 is 1.03 bits per heavy atom. The summed E-state index contributed by atoms with van der Waals surface area (Å²) in [6.45, 7) is 3.81. The topological polar surface area (TPSA) is 102 Å². The van der Waals surface area contributed by atoms with Gasteiger partial charge in [0.15, 0.2) is 11.5 Å². The van der Waals surface area contributed by atoms with Crippen LogP contribution in [0.15, 0.2) is 64.2 Å². The van der Waals surface area contributed by atoms with Crippen molar-refractivity contribution in [3.8, 4) is 17.3 Å². The Bertz CT molecular complexity index is 1680. The predicted molar refractivity (Wildman–Crippen MR) is 144 cm³/mol. The van der Waals surface area contributed by atoms with Crippen molar-refractivity contribution in [1.29, 1.82) is 0 Å². The van der Waals surface area contributed by atoms with E-state index in [4.69, 9.17) is 4.74 Å².